The summed E-state index contributed by atoms with van der Waals surface area (Å²) in [5, 5.41) is 0. The van der Waals surface area contributed by atoms with Gasteiger partial charge in [0.2, 0.25) is 5.91 Å². The first kappa shape index (κ1) is 12.5. The molecule has 0 spiro atoms. The summed E-state index contributed by atoms with van der Waals surface area (Å²) in [7, 11) is 0. The van der Waals surface area contributed by atoms with Crippen molar-refractivity contribution in [3.05, 3.63) is 24.3 Å². The molecule has 102 valence electrons. The van der Waals surface area contributed by atoms with Crippen LogP contribution in [0.1, 0.15) is 38.5 Å². The third-order valence-electron chi connectivity index (χ3n) is 4.22. The lowest BCUT2D eigenvalue weighted by atomic mass is 9.86. The summed E-state index contributed by atoms with van der Waals surface area (Å²) in [5.74, 6) is 1.70. The number of rotatable bonds is 2. The molecule has 0 bridgehead atoms. The average molecular weight is 259 g/mol. The van der Waals surface area contributed by atoms with Gasteiger partial charge in [0.1, 0.15) is 12.4 Å². The summed E-state index contributed by atoms with van der Waals surface area (Å²) < 4.78 is 5.60. The summed E-state index contributed by atoms with van der Waals surface area (Å²) >= 11 is 0. The fourth-order valence-electron chi connectivity index (χ4n) is 3.18. The van der Waals surface area contributed by atoms with E-state index in [1.165, 1.54) is 32.1 Å². The van der Waals surface area contributed by atoms with Crippen molar-refractivity contribution < 1.29 is 9.53 Å². The highest BCUT2D eigenvalue weighted by Crippen LogP contribution is 2.33. The Bertz CT molecular complexity index is 452. The van der Waals surface area contributed by atoms with Crippen molar-refractivity contribution in [3.8, 4) is 5.75 Å². The predicted octanol–water partition coefficient (Wildman–Crippen LogP) is 3.38. The van der Waals surface area contributed by atoms with E-state index in [-0.39, 0.29) is 5.91 Å². The molecule has 0 atom stereocenters. The Morgan fingerprint density at radius 1 is 1.21 bits per heavy atom. The van der Waals surface area contributed by atoms with Crippen LogP contribution in [0, 0.1) is 5.92 Å². The monoisotopic (exact) mass is 259 g/mol. The van der Waals surface area contributed by atoms with Gasteiger partial charge in [0, 0.05) is 6.42 Å². The van der Waals surface area contributed by atoms with Crippen LogP contribution in [0.4, 0.5) is 5.69 Å². The van der Waals surface area contributed by atoms with Crippen LogP contribution in [-0.2, 0) is 4.79 Å². The lowest BCUT2D eigenvalue weighted by Crippen LogP contribution is -2.38. The first-order valence-corrected chi connectivity index (χ1v) is 7.37. The van der Waals surface area contributed by atoms with E-state index in [1.54, 1.807) is 0 Å². The lowest BCUT2D eigenvalue weighted by Gasteiger charge is -2.31. The Kier molecular flexibility index (Phi) is 3.72. The second-order valence-electron chi connectivity index (χ2n) is 5.57. The molecule has 3 nitrogen and oxygen atoms in total. The van der Waals surface area contributed by atoms with Crippen molar-refractivity contribution in [2.45, 2.75) is 38.5 Å². The Labute approximate surface area is 114 Å². The molecule has 2 aliphatic rings. The van der Waals surface area contributed by atoms with Gasteiger partial charge in [-0.05, 0) is 30.9 Å². The maximum absolute atomic E-state index is 12.5. The number of hydrogen-bond acceptors (Lipinski definition) is 2. The summed E-state index contributed by atoms with van der Waals surface area (Å²) in [5.41, 5.74) is 0.939. The third-order valence-corrected chi connectivity index (χ3v) is 4.22. The van der Waals surface area contributed by atoms with Gasteiger partial charge in [-0.15, -0.1) is 0 Å². The maximum Gasteiger partial charge on any atom is 0.227 e. The topological polar surface area (TPSA) is 29.5 Å². The van der Waals surface area contributed by atoms with Crippen LogP contribution < -0.4 is 9.64 Å². The fraction of sp³-hybridized carbons (Fsp3) is 0.562. The minimum Gasteiger partial charge on any atom is -0.490 e. The van der Waals surface area contributed by atoms with Crippen molar-refractivity contribution in [1.82, 2.24) is 0 Å². The summed E-state index contributed by atoms with van der Waals surface area (Å²) in [4.78, 5) is 14.4. The van der Waals surface area contributed by atoms with Crippen LogP contribution in [0.25, 0.3) is 0 Å². The highest BCUT2D eigenvalue weighted by molar-refractivity contribution is 5.95. The van der Waals surface area contributed by atoms with E-state index in [1.807, 2.05) is 29.2 Å². The van der Waals surface area contributed by atoms with Crippen molar-refractivity contribution >= 4 is 11.6 Å². The van der Waals surface area contributed by atoms with E-state index in [0.29, 0.717) is 25.5 Å². The Morgan fingerprint density at radius 3 is 2.84 bits per heavy atom. The Hall–Kier alpha value is -1.51. The molecule has 1 saturated carbocycles. The number of anilines is 1. The number of nitrogens with zero attached hydrogens (tertiary/aromatic N) is 1. The van der Waals surface area contributed by atoms with Crippen molar-refractivity contribution in [3.63, 3.8) is 0 Å². The molecule has 1 amide bonds. The number of para-hydroxylation sites is 2. The molecule has 0 unspecified atom stereocenters. The van der Waals surface area contributed by atoms with Crippen molar-refractivity contribution in [2.24, 2.45) is 5.92 Å². The smallest absolute Gasteiger partial charge is 0.227 e. The molecule has 0 aromatic heterocycles. The van der Waals surface area contributed by atoms with Crippen LogP contribution in [0.15, 0.2) is 24.3 Å². The normalized spacial score (nSPS) is 19.7. The number of benzene rings is 1. The van der Waals surface area contributed by atoms with Crippen molar-refractivity contribution in [1.29, 1.82) is 0 Å². The molecule has 0 saturated heterocycles. The van der Waals surface area contributed by atoms with E-state index in [0.717, 1.165) is 11.4 Å². The third kappa shape index (κ3) is 2.75. The second kappa shape index (κ2) is 5.64. The summed E-state index contributed by atoms with van der Waals surface area (Å²) in [6.07, 6.45) is 7.06. The molecular weight excluding hydrogens is 238 g/mol. The minimum atomic E-state index is 0.266. The molecule has 3 heteroatoms. The molecule has 1 fully saturated rings. The lowest BCUT2D eigenvalue weighted by molar-refractivity contribution is -0.120. The minimum absolute atomic E-state index is 0.266. The predicted molar refractivity (Wildman–Crippen MR) is 75.5 cm³/mol. The maximum atomic E-state index is 12.5. The average Bonchev–Trinajstić information content (AvgIpc) is 2.47. The molecule has 1 aromatic carbocycles. The van der Waals surface area contributed by atoms with Gasteiger partial charge in [-0.3, -0.25) is 4.79 Å². The number of amides is 1. The van der Waals surface area contributed by atoms with Crippen LogP contribution in [0.3, 0.4) is 0 Å². The molecule has 3 rings (SSSR count). The van der Waals surface area contributed by atoms with Gasteiger partial charge >= 0.3 is 0 Å². The van der Waals surface area contributed by atoms with E-state index in [2.05, 4.69) is 0 Å². The van der Waals surface area contributed by atoms with Gasteiger partial charge in [-0.25, -0.2) is 0 Å². The number of hydrogen-bond donors (Lipinski definition) is 0. The number of carbonyl (C=O) groups is 1. The zero-order valence-corrected chi connectivity index (χ0v) is 11.3. The molecular formula is C16H21NO2. The number of ether oxygens (including phenoxy) is 1. The van der Waals surface area contributed by atoms with Crippen LogP contribution in [-0.4, -0.2) is 19.1 Å². The SMILES string of the molecule is O=C(CC1CCCCC1)N1CCOc2ccccc21. The van der Waals surface area contributed by atoms with Crippen LogP contribution in [0.2, 0.25) is 0 Å². The zero-order valence-electron chi connectivity index (χ0n) is 11.3. The molecule has 1 aliphatic carbocycles. The summed E-state index contributed by atoms with van der Waals surface area (Å²) in [6.45, 7) is 1.29. The highest BCUT2D eigenvalue weighted by atomic mass is 16.5. The van der Waals surface area contributed by atoms with Gasteiger partial charge < -0.3 is 9.64 Å². The van der Waals surface area contributed by atoms with Crippen LogP contribution in [0.5, 0.6) is 5.75 Å². The number of fused-ring (bicyclic) bond motifs is 1. The van der Waals surface area contributed by atoms with E-state index < -0.39 is 0 Å². The Balaban J connectivity index is 1.70. The van der Waals surface area contributed by atoms with Gasteiger partial charge in [0.25, 0.3) is 0 Å². The van der Waals surface area contributed by atoms with Crippen molar-refractivity contribution in [2.75, 3.05) is 18.1 Å². The van der Waals surface area contributed by atoms with Gasteiger partial charge in [0.05, 0.1) is 12.2 Å². The van der Waals surface area contributed by atoms with Gasteiger partial charge in [-0.1, -0.05) is 31.4 Å². The van der Waals surface area contributed by atoms with Crippen LogP contribution >= 0.6 is 0 Å². The molecule has 0 N–H and O–H groups in total. The van der Waals surface area contributed by atoms with E-state index in [4.69, 9.17) is 4.74 Å². The quantitative estimate of drug-likeness (QED) is 0.815. The van der Waals surface area contributed by atoms with Gasteiger partial charge in [0.15, 0.2) is 0 Å². The molecule has 1 aromatic rings. The summed E-state index contributed by atoms with van der Waals surface area (Å²) in [6, 6.07) is 7.84. The first-order chi connectivity index (χ1) is 9.34. The molecule has 1 heterocycles. The number of carbonyl (C=O) groups excluding carboxylic acids is 1. The standard InChI is InChI=1S/C16H21NO2/c18-16(12-13-6-2-1-3-7-13)17-10-11-19-15-9-5-4-8-14(15)17/h4-5,8-9,13H,1-3,6-7,10-12H2. The molecule has 19 heavy (non-hydrogen) atoms. The molecule has 1 aliphatic heterocycles. The van der Waals surface area contributed by atoms with E-state index in [9.17, 15) is 4.79 Å². The van der Waals surface area contributed by atoms with Gasteiger partial charge in [-0.2, -0.15) is 0 Å². The first-order valence-electron chi connectivity index (χ1n) is 7.37. The van der Waals surface area contributed by atoms with E-state index >= 15 is 0 Å². The largest absolute Gasteiger partial charge is 0.490 e. The fourth-order valence-corrected chi connectivity index (χ4v) is 3.18. The Morgan fingerprint density at radius 2 is 2.00 bits per heavy atom. The second-order valence-corrected chi connectivity index (χ2v) is 5.57. The molecule has 0 radical (unpaired) electrons. The zero-order chi connectivity index (χ0) is 13.1. The highest BCUT2D eigenvalue weighted by Gasteiger charge is 2.26.